The number of benzene rings is 6. The molecule has 0 atom stereocenters. The monoisotopic (exact) mass is 610 g/mol. The fraction of sp³-hybridized carbons (Fsp3) is 0.200. The molecule has 7 aromatic rings. The topological polar surface area (TPSA) is 8.17 Å². The number of aromatic nitrogens is 1. The Morgan fingerprint density at radius 1 is 0.489 bits per heavy atom. The lowest BCUT2D eigenvalue weighted by Crippen LogP contribution is -2.25. The second kappa shape index (κ2) is 12.3. The second-order valence-electron chi connectivity index (χ2n) is 13.1. The van der Waals surface area contributed by atoms with Crippen molar-refractivity contribution in [3.05, 3.63) is 157 Å². The number of unbranched alkanes of at least 4 members (excludes halogenated alkanes) is 2. The van der Waals surface area contributed by atoms with E-state index in [9.17, 15) is 0 Å². The molecule has 1 aliphatic rings. The van der Waals surface area contributed by atoms with Gasteiger partial charge in [0.15, 0.2) is 0 Å². The van der Waals surface area contributed by atoms with E-state index in [1.54, 1.807) is 0 Å². The maximum atomic E-state index is 2.52. The first-order valence-electron chi connectivity index (χ1n) is 17.4. The molecule has 0 saturated carbocycles. The maximum absolute atomic E-state index is 2.52. The highest BCUT2D eigenvalue weighted by atomic mass is 15.1. The van der Waals surface area contributed by atoms with E-state index in [0.717, 1.165) is 5.69 Å². The molecule has 0 fully saturated rings. The van der Waals surface area contributed by atoms with Gasteiger partial charge in [0.05, 0.1) is 11.0 Å². The Hall–Kier alpha value is -5.08. The van der Waals surface area contributed by atoms with E-state index in [1.165, 1.54) is 99.6 Å². The van der Waals surface area contributed by atoms with Crippen molar-refractivity contribution in [2.24, 2.45) is 0 Å². The van der Waals surface area contributed by atoms with Crippen molar-refractivity contribution in [3.63, 3.8) is 0 Å². The van der Waals surface area contributed by atoms with Gasteiger partial charge < -0.3 is 9.47 Å². The van der Waals surface area contributed by atoms with E-state index >= 15 is 0 Å². The summed E-state index contributed by atoms with van der Waals surface area (Å²) in [4.78, 5) is 2.43. The minimum atomic E-state index is 0.0523. The molecule has 0 saturated heterocycles. The van der Waals surface area contributed by atoms with Gasteiger partial charge in [-0.1, -0.05) is 124 Å². The molecular formula is C45H42N2. The molecule has 0 bridgehead atoms. The van der Waals surface area contributed by atoms with E-state index in [2.05, 4.69) is 169 Å². The van der Waals surface area contributed by atoms with Gasteiger partial charge in [0.2, 0.25) is 0 Å². The Morgan fingerprint density at radius 2 is 1.02 bits per heavy atom. The van der Waals surface area contributed by atoms with Gasteiger partial charge in [-0.05, 0) is 95.8 Å². The van der Waals surface area contributed by atoms with Crippen LogP contribution in [0.4, 0.5) is 17.1 Å². The van der Waals surface area contributed by atoms with Crippen LogP contribution >= 0.6 is 0 Å². The molecule has 1 aliphatic carbocycles. The number of hydrogen-bond donors (Lipinski definition) is 0. The van der Waals surface area contributed by atoms with E-state index in [4.69, 9.17) is 0 Å². The molecule has 2 heteroatoms. The number of nitrogens with zero attached hydrogens (tertiary/aromatic N) is 2. The predicted molar refractivity (Wildman–Crippen MR) is 201 cm³/mol. The second-order valence-corrected chi connectivity index (χ2v) is 13.1. The zero-order chi connectivity index (χ0) is 31.8. The smallest absolute Gasteiger partial charge is 0.0541 e. The molecule has 1 aromatic heterocycles. The molecule has 1 heterocycles. The van der Waals surface area contributed by atoms with E-state index in [0.29, 0.717) is 0 Å². The van der Waals surface area contributed by atoms with Crippen molar-refractivity contribution >= 4 is 38.9 Å². The number of fused-ring (bicyclic) bond motifs is 6. The van der Waals surface area contributed by atoms with Crippen LogP contribution in [0.2, 0.25) is 0 Å². The maximum Gasteiger partial charge on any atom is 0.0541 e. The molecule has 232 valence electrons. The zero-order valence-corrected chi connectivity index (χ0v) is 27.5. The lowest BCUT2D eigenvalue weighted by atomic mass is 9.71. The van der Waals surface area contributed by atoms with Gasteiger partial charge in [-0.3, -0.25) is 0 Å². The van der Waals surface area contributed by atoms with Gasteiger partial charge in [-0.25, -0.2) is 0 Å². The van der Waals surface area contributed by atoms with E-state index in [-0.39, 0.29) is 5.41 Å². The van der Waals surface area contributed by atoms with Crippen LogP contribution in [0, 0.1) is 0 Å². The third kappa shape index (κ3) is 4.86. The largest absolute Gasteiger partial charge is 0.310 e. The van der Waals surface area contributed by atoms with E-state index < -0.39 is 0 Å². The highest BCUT2D eigenvalue weighted by Gasteiger charge is 2.42. The van der Waals surface area contributed by atoms with Crippen molar-refractivity contribution in [1.82, 2.24) is 4.57 Å². The Labute approximate surface area is 278 Å². The van der Waals surface area contributed by atoms with Crippen molar-refractivity contribution in [2.45, 2.75) is 57.8 Å². The van der Waals surface area contributed by atoms with Crippen LogP contribution in [0.15, 0.2) is 146 Å². The van der Waals surface area contributed by atoms with E-state index in [1.807, 2.05) is 0 Å². The Kier molecular flexibility index (Phi) is 7.65. The average molecular weight is 611 g/mol. The molecule has 0 N–H and O–H groups in total. The highest BCUT2D eigenvalue weighted by Crippen LogP contribution is 2.55. The van der Waals surface area contributed by atoms with Crippen LogP contribution in [-0.4, -0.2) is 4.57 Å². The van der Waals surface area contributed by atoms with Gasteiger partial charge in [0.25, 0.3) is 0 Å². The summed E-state index contributed by atoms with van der Waals surface area (Å²) in [6, 6.07) is 53.9. The van der Waals surface area contributed by atoms with Crippen molar-refractivity contribution in [2.75, 3.05) is 4.90 Å². The number of rotatable bonds is 10. The summed E-state index contributed by atoms with van der Waals surface area (Å²) in [5, 5.41) is 2.57. The van der Waals surface area contributed by atoms with Gasteiger partial charge >= 0.3 is 0 Å². The van der Waals surface area contributed by atoms with Crippen LogP contribution in [0.1, 0.15) is 63.5 Å². The molecule has 0 aliphatic heterocycles. The molecule has 2 nitrogen and oxygen atoms in total. The van der Waals surface area contributed by atoms with Gasteiger partial charge in [0, 0.05) is 38.9 Å². The van der Waals surface area contributed by atoms with Gasteiger partial charge in [-0.15, -0.1) is 0 Å². The summed E-state index contributed by atoms with van der Waals surface area (Å²) in [5.74, 6) is 0. The van der Waals surface area contributed by atoms with Crippen LogP contribution in [0.3, 0.4) is 0 Å². The quantitative estimate of drug-likeness (QED) is 0.150. The lowest BCUT2D eigenvalue weighted by Gasteiger charge is -2.34. The van der Waals surface area contributed by atoms with Crippen molar-refractivity contribution in [1.29, 1.82) is 0 Å². The molecule has 0 radical (unpaired) electrons. The lowest BCUT2D eigenvalue weighted by molar-refractivity contribution is 0.414. The fourth-order valence-corrected chi connectivity index (χ4v) is 8.18. The standard InChI is InChI=1S/C45H42N2/c1-3-5-30-45(31-6-4-2)41-21-13-10-18-37(41)38-29-28-36(32-42(38)45)46(33-16-8-7-9-17-33)34-24-26-35(27-25-34)47-43-22-14-11-19-39(43)40-20-12-15-23-44(40)47/h7-29,32H,3-6,30-31H2,1-2H3. The van der Waals surface area contributed by atoms with Crippen LogP contribution in [0.25, 0.3) is 38.6 Å². The minimum absolute atomic E-state index is 0.0523. The molecule has 0 unspecified atom stereocenters. The Bertz CT molecular complexity index is 2110. The summed E-state index contributed by atoms with van der Waals surface area (Å²) >= 11 is 0. The zero-order valence-electron chi connectivity index (χ0n) is 27.5. The molecule has 8 rings (SSSR count). The number of hydrogen-bond acceptors (Lipinski definition) is 1. The Balaban J connectivity index is 1.27. The summed E-state index contributed by atoms with van der Waals surface area (Å²) in [6.07, 6.45) is 7.26. The van der Waals surface area contributed by atoms with Crippen molar-refractivity contribution < 1.29 is 0 Å². The molecule has 0 amide bonds. The SMILES string of the molecule is CCCCC1(CCCC)c2ccccc2-c2ccc(N(c3ccccc3)c3ccc(-n4c5ccccc5c5ccccc54)cc3)cc21. The first-order chi connectivity index (χ1) is 23.2. The normalized spacial score (nSPS) is 13.1. The first kappa shape index (κ1) is 29.3. The molecule has 47 heavy (non-hydrogen) atoms. The molecule has 6 aromatic carbocycles. The van der Waals surface area contributed by atoms with Gasteiger partial charge in [-0.2, -0.15) is 0 Å². The predicted octanol–water partition coefficient (Wildman–Crippen LogP) is 12.9. The minimum Gasteiger partial charge on any atom is -0.310 e. The van der Waals surface area contributed by atoms with Crippen molar-refractivity contribution in [3.8, 4) is 16.8 Å². The van der Waals surface area contributed by atoms with Gasteiger partial charge in [0.1, 0.15) is 0 Å². The first-order valence-corrected chi connectivity index (χ1v) is 17.4. The number of anilines is 3. The average Bonchev–Trinajstić information content (AvgIpc) is 3.61. The highest BCUT2D eigenvalue weighted by molar-refractivity contribution is 6.09. The van der Waals surface area contributed by atoms with Crippen LogP contribution in [0.5, 0.6) is 0 Å². The molecule has 0 spiro atoms. The third-order valence-corrected chi connectivity index (χ3v) is 10.4. The summed E-state index contributed by atoms with van der Waals surface area (Å²) < 4.78 is 2.39. The summed E-state index contributed by atoms with van der Waals surface area (Å²) in [7, 11) is 0. The third-order valence-electron chi connectivity index (χ3n) is 10.4. The van der Waals surface area contributed by atoms with Crippen LogP contribution in [-0.2, 0) is 5.41 Å². The Morgan fingerprint density at radius 3 is 1.68 bits per heavy atom. The number of para-hydroxylation sites is 3. The molecular weight excluding hydrogens is 569 g/mol. The van der Waals surface area contributed by atoms with Crippen LogP contribution < -0.4 is 4.90 Å². The fourth-order valence-electron chi connectivity index (χ4n) is 8.18. The summed E-state index contributed by atoms with van der Waals surface area (Å²) in [5.41, 5.74) is 13.1. The summed E-state index contributed by atoms with van der Waals surface area (Å²) in [6.45, 7) is 4.65.